The van der Waals surface area contributed by atoms with Gasteiger partial charge in [0, 0.05) is 5.56 Å². The number of hydrazone groups is 1. The molecular formula is C15H13N2O5-. The molecule has 1 N–H and O–H groups in total. The van der Waals surface area contributed by atoms with E-state index in [0.29, 0.717) is 17.1 Å². The molecule has 0 fully saturated rings. The maximum atomic E-state index is 11.0. The number of nitrogens with one attached hydrogen (secondary N) is 1. The Morgan fingerprint density at radius 2 is 2.00 bits per heavy atom. The van der Waals surface area contributed by atoms with Gasteiger partial charge in [-0.15, -0.1) is 0 Å². The number of aromatic carboxylic acids is 1. The summed E-state index contributed by atoms with van der Waals surface area (Å²) in [5, 5.41) is 14.4. The smallest absolute Gasteiger partial charge is 0.427 e. The second-order valence-electron chi connectivity index (χ2n) is 4.16. The minimum Gasteiger partial charge on any atom is -0.545 e. The zero-order valence-electron chi connectivity index (χ0n) is 11.7. The van der Waals surface area contributed by atoms with Gasteiger partial charge < -0.3 is 19.1 Å². The standard InChI is InChI=1S/C15H14N2O5/c1-2-21-15(20)17-16-9-12-7-8-13(22-12)10-3-5-11(6-4-10)14(18)19/h3-9H,2H2,1H3,(H,17,20)(H,18,19)/p-1/b16-9-. The predicted octanol–water partition coefficient (Wildman–Crippen LogP) is 1.39. The summed E-state index contributed by atoms with van der Waals surface area (Å²) < 4.78 is 10.1. The highest BCUT2D eigenvalue weighted by Crippen LogP contribution is 2.21. The molecule has 22 heavy (non-hydrogen) atoms. The molecule has 0 spiro atoms. The molecule has 0 saturated carbocycles. The Balaban J connectivity index is 2.03. The van der Waals surface area contributed by atoms with Gasteiger partial charge >= 0.3 is 6.09 Å². The zero-order valence-corrected chi connectivity index (χ0v) is 11.7. The van der Waals surface area contributed by atoms with Crippen LogP contribution in [0.15, 0.2) is 45.9 Å². The molecule has 0 atom stereocenters. The fourth-order valence-electron chi connectivity index (χ4n) is 1.66. The monoisotopic (exact) mass is 301 g/mol. The largest absolute Gasteiger partial charge is 0.545 e. The molecule has 7 nitrogen and oxygen atoms in total. The Kier molecular flexibility index (Phi) is 4.92. The van der Waals surface area contributed by atoms with Crippen LogP contribution in [0.3, 0.4) is 0 Å². The number of carboxylic acid groups (broad SMARTS) is 1. The van der Waals surface area contributed by atoms with Crippen LogP contribution in [-0.4, -0.2) is 24.9 Å². The van der Waals surface area contributed by atoms with Crippen molar-refractivity contribution in [1.29, 1.82) is 0 Å². The minimum atomic E-state index is -1.23. The molecule has 1 heterocycles. The van der Waals surface area contributed by atoms with Crippen molar-refractivity contribution in [3.05, 3.63) is 47.7 Å². The van der Waals surface area contributed by atoms with Gasteiger partial charge in [0.05, 0.1) is 18.8 Å². The molecule has 1 amide bonds. The normalized spacial score (nSPS) is 10.6. The van der Waals surface area contributed by atoms with Crippen LogP contribution in [-0.2, 0) is 4.74 Å². The summed E-state index contributed by atoms with van der Waals surface area (Å²) in [7, 11) is 0. The van der Waals surface area contributed by atoms with Crippen LogP contribution in [0.25, 0.3) is 11.3 Å². The van der Waals surface area contributed by atoms with Gasteiger partial charge in [-0.05, 0) is 24.6 Å². The average Bonchev–Trinajstić information content (AvgIpc) is 2.96. The third-order valence-electron chi connectivity index (χ3n) is 2.65. The first-order valence-electron chi connectivity index (χ1n) is 6.47. The van der Waals surface area contributed by atoms with E-state index in [-0.39, 0.29) is 12.2 Å². The topological polar surface area (TPSA) is 104 Å². The van der Waals surface area contributed by atoms with Crippen molar-refractivity contribution in [2.75, 3.05) is 6.61 Å². The molecule has 0 radical (unpaired) electrons. The van der Waals surface area contributed by atoms with E-state index in [1.165, 1.54) is 18.3 Å². The van der Waals surface area contributed by atoms with Crippen LogP contribution in [0.2, 0.25) is 0 Å². The van der Waals surface area contributed by atoms with E-state index < -0.39 is 12.1 Å². The summed E-state index contributed by atoms with van der Waals surface area (Å²) >= 11 is 0. The van der Waals surface area contributed by atoms with Crippen molar-refractivity contribution in [2.45, 2.75) is 6.92 Å². The van der Waals surface area contributed by atoms with Gasteiger partial charge in [0.1, 0.15) is 11.5 Å². The number of hydrogen-bond donors (Lipinski definition) is 1. The number of hydrogen-bond acceptors (Lipinski definition) is 6. The second-order valence-corrected chi connectivity index (χ2v) is 4.16. The third kappa shape index (κ3) is 3.95. The third-order valence-corrected chi connectivity index (χ3v) is 2.65. The first kappa shape index (κ1) is 15.3. The first-order chi connectivity index (χ1) is 10.6. The van der Waals surface area contributed by atoms with Crippen LogP contribution in [0.4, 0.5) is 4.79 Å². The Morgan fingerprint density at radius 1 is 1.27 bits per heavy atom. The number of rotatable bonds is 5. The number of benzene rings is 1. The van der Waals surface area contributed by atoms with Gasteiger partial charge in [-0.3, -0.25) is 0 Å². The Hall–Kier alpha value is -3.09. The van der Waals surface area contributed by atoms with E-state index in [0.717, 1.165) is 0 Å². The lowest BCUT2D eigenvalue weighted by Crippen LogP contribution is -2.21. The van der Waals surface area contributed by atoms with Crippen LogP contribution in [0, 0.1) is 0 Å². The molecule has 0 bridgehead atoms. The van der Waals surface area contributed by atoms with E-state index in [1.54, 1.807) is 31.2 Å². The summed E-state index contributed by atoms with van der Waals surface area (Å²) in [5.74, 6) is -0.262. The summed E-state index contributed by atoms with van der Waals surface area (Å²) in [6.45, 7) is 1.95. The van der Waals surface area contributed by atoms with Crippen LogP contribution in [0.5, 0.6) is 0 Å². The summed E-state index contributed by atoms with van der Waals surface area (Å²) in [5.41, 5.74) is 2.98. The number of carbonyl (C=O) groups is 2. The van der Waals surface area contributed by atoms with Crippen molar-refractivity contribution < 1.29 is 23.8 Å². The first-order valence-corrected chi connectivity index (χ1v) is 6.47. The van der Waals surface area contributed by atoms with Crippen molar-refractivity contribution in [3.63, 3.8) is 0 Å². The quantitative estimate of drug-likeness (QED) is 0.664. The van der Waals surface area contributed by atoms with E-state index in [9.17, 15) is 14.7 Å². The number of furan rings is 1. The highest BCUT2D eigenvalue weighted by Gasteiger charge is 2.04. The van der Waals surface area contributed by atoms with Gasteiger partial charge in [0.15, 0.2) is 0 Å². The molecule has 0 aliphatic rings. The molecular weight excluding hydrogens is 288 g/mol. The van der Waals surface area contributed by atoms with Crippen molar-refractivity contribution in [3.8, 4) is 11.3 Å². The Labute approximate surface area is 126 Å². The van der Waals surface area contributed by atoms with E-state index in [4.69, 9.17) is 4.42 Å². The molecule has 1 aromatic heterocycles. The highest BCUT2D eigenvalue weighted by atomic mass is 16.5. The van der Waals surface area contributed by atoms with Crippen LogP contribution >= 0.6 is 0 Å². The molecule has 2 rings (SSSR count). The highest BCUT2D eigenvalue weighted by molar-refractivity contribution is 5.86. The van der Waals surface area contributed by atoms with E-state index in [2.05, 4.69) is 15.3 Å². The molecule has 0 unspecified atom stereocenters. The molecule has 114 valence electrons. The van der Waals surface area contributed by atoms with Gasteiger partial charge in [-0.2, -0.15) is 5.10 Å². The average molecular weight is 301 g/mol. The van der Waals surface area contributed by atoms with Crippen LogP contribution in [0.1, 0.15) is 23.0 Å². The number of ether oxygens (including phenoxy) is 1. The van der Waals surface area contributed by atoms with Crippen molar-refractivity contribution >= 4 is 18.3 Å². The SMILES string of the molecule is CCOC(=O)N/N=C\c1ccc(-c2ccc(C(=O)[O-])cc2)o1. The van der Waals surface area contributed by atoms with Gasteiger partial charge in [-0.1, -0.05) is 24.3 Å². The lowest BCUT2D eigenvalue weighted by Gasteiger charge is -2.02. The van der Waals surface area contributed by atoms with Crippen molar-refractivity contribution in [2.24, 2.45) is 5.10 Å². The molecule has 1 aromatic carbocycles. The predicted molar refractivity (Wildman–Crippen MR) is 76.2 cm³/mol. The summed E-state index contributed by atoms with van der Waals surface area (Å²) in [6.07, 6.45) is 0.680. The lowest BCUT2D eigenvalue weighted by molar-refractivity contribution is -0.255. The fourth-order valence-corrected chi connectivity index (χ4v) is 1.66. The van der Waals surface area contributed by atoms with Gasteiger partial charge in [0.2, 0.25) is 0 Å². The number of carbonyl (C=O) groups excluding carboxylic acids is 2. The number of carboxylic acids is 1. The minimum absolute atomic E-state index is 0.0933. The Bertz CT molecular complexity index is 688. The summed E-state index contributed by atoms with van der Waals surface area (Å²) in [6, 6.07) is 9.47. The number of nitrogens with zero attached hydrogens (tertiary/aromatic N) is 1. The summed E-state index contributed by atoms with van der Waals surface area (Å²) in [4.78, 5) is 21.7. The Morgan fingerprint density at radius 3 is 2.64 bits per heavy atom. The molecule has 0 aliphatic carbocycles. The van der Waals surface area contributed by atoms with Gasteiger partial charge in [-0.25, -0.2) is 10.2 Å². The maximum Gasteiger partial charge on any atom is 0.427 e. The zero-order chi connectivity index (χ0) is 15.9. The number of amides is 1. The van der Waals surface area contributed by atoms with Crippen LogP contribution < -0.4 is 10.5 Å². The molecule has 2 aromatic rings. The van der Waals surface area contributed by atoms with Gasteiger partial charge in [0.25, 0.3) is 0 Å². The maximum absolute atomic E-state index is 11.0. The van der Waals surface area contributed by atoms with E-state index >= 15 is 0 Å². The lowest BCUT2D eigenvalue weighted by atomic mass is 10.1. The molecule has 0 saturated heterocycles. The fraction of sp³-hybridized carbons (Fsp3) is 0.133. The molecule has 0 aliphatic heterocycles. The molecule has 7 heteroatoms. The van der Waals surface area contributed by atoms with Crippen molar-refractivity contribution in [1.82, 2.24) is 5.43 Å². The second kappa shape index (κ2) is 7.07. The van der Waals surface area contributed by atoms with E-state index in [1.807, 2.05) is 0 Å².